The highest BCUT2D eigenvalue weighted by molar-refractivity contribution is 5.30. The number of aryl methyl sites for hydroxylation is 1. The first-order valence-corrected chi connectivity index (χ1v) is 9.83. The number of benzene rings is 2. The molecule has 0 bridgehead atoms. The van der Waals surface area contributed by atoms with Crippen LogP contribution < -0.4 is 4.57 Å². The molecule has 0 aliphatic heterocycles. The summed E-state index contributed by atoms with van der Waals surface area (Å²) in [5.41, 5.74) is 2.83. The fraction of sp³-hybridized carbons (Fsp3) is 0.375. The second-order valence-corrected chi connectivity index (χ2v) is 7.47. The van der Waals surface area contributed by atoms with Gasteiger partial charge in [-0.2, -0.15) is 0 Å². The molecule has 0 saturated heterocycles. The summed E-state index contributed by atoms with van der Waals surface area (Å²) >= 11 is 0. The number of imidazole rings is 1. The van der Waals surface area contributed by atoms with E-state index in [-0.39, 0.29) is 5.41 Å². The van der Waals surface area contributed by atoms with Crippen LogP contribution in [0, 0.1) is 0 Å². The number of nitrogens with zero attached hydrogens (tertiary/aromatic N) is 2. The fourth-order valence-corrected chi connectivity index (χ4v) is 4.23. The molecule has 3 aromatic rings. The maximum atomic E-state index is 2.42. The van der Waals surface area contributed by atoms with Gasteiger partial charge in [0.2, 0.25) is 6.33 Å². The van der Waals surface area contributed by atoms with Crippen LogP contribution in [0.1, 0.15) is 50.8 Å². The summed E-state index contributed by atoms with van der Waals surface area (Å²) in [6.07, 6.45) is 10.0. The van der Waals surface area contributed by atoms with E-state index in [9.17, 15) is 0 Å². The molecule has 3 rings (SSSR count). The topological polar surface area (TPSA) is 8.81 Å². The van der Waals surface area contributed by atoms with Gasteiger partial charge in [0.05, 0.1) is 6.54 Å². The maximum absolute atomic E-state index is 2.42. The zero-order valence-corrected chi connectivity index (χ0v) is 16.3. The Morgan fingerprint density at radius 1 is 0.962 bits per heavy atom. The zero-order valence-electron chi connectivity index (χ0n) is 16.3. The predicted octanol–water partition coefficient (Wildman–Crippen LogP) is 5.34. The Morgan fingerprint density at radius 3 is 2.23 bits per heavy atom. The first-order valence-electron chi connectivity index (χ1n) is 9.83. The Morgan fingerprint density at radius 2 is 1.62 bits per heavy atom. The van der Waals surface area contributed by atoms with Gasteiger partial charge in [0.1, 0.15) is 18.4 Å². The van der Waals surface area contributed by atoms with Crippen molar-refractivity contribution in [3.8, 4) is 0 Å². The zero-order chi connectivity index (χ0) is 18.4. The third-order valence-electron chi connectivity index (χ3n) is 5.52. The van der Waals surface area contributed by atoms with E-state index >= 15 is 0 Å². The third-order valence-corrected chi connectivity index (χ3v) is 5.52. The predicted molar refractivity (Wildman–Crippen MR) is 108 cm³/mol. The first kappa shape index (κ1) is 18.4. The second kappa shape index (κ2) is 8.35. The van der Waals surface area contributed by atoms with Crippen molar-refractivity contribution in [3.63, 3.8) is 0 Å². The van der Waals surface area contributed by atoms with Crippen molar-refractivity contribution < 1.29 is 4.57 Å². The van der Waals surface area contributed by atoms with Crippen LogP contribution >= 0.6 is 0 Å². The van der Waals surface area contributed by atoms with Crippen LogP contribution in [0.5, 0.6) is 0 Å². The van der Waals surface area contributed by atoms with Crippen molar-refractivity contribution in [2.75, 3.05) is 0 Å². The van der Waals surface area contributed by atoms with Crippen molar-refractivity contribution in [1.82, 2.24) is 4.57 Å². The lowest BCUT2D eigenvalue weighted by molar-refractivity contribution is -0.696. The Balaban J connectivity index is 2.02. The van der Waals surface area contributed by atoms with Gasteiger partial charge in [-0.3, -0.25) is 0 Å². The minimum atomic E-state index is 0.0282. The Kier molecular flexibility index (Phi) is 5.92. The van der Waals surface area contributed by atoms with Crippen molar-refractivity contribution in [1.29, 1.82) is 0 Å². The molecular weight excluding hydrogens is 316 g/mol. The number of hydrogen-bond donors (Lipinski definition) is 0. The van der Waals surface area contributed by atoms with E-state index in [1.807, 2.05) is 0 Å². The smallest absolute Gasteiger partial charge is 0.237 e. The van der Waals surface area contributed by atoms with Gasteiger partial charge in [0.25, 0.3) is 0 Å². The minimum Gasteiger partial charge on any atom is -0.237 e. The Hall–Kier alpha value is -2.35. The van der Waals surface area contributed by atoms with Crippen LogP contribution in [0.2, 0.25) is 0 Å². The highest BCUT2D eigenvalue weighted by atomic mass is 15.1. The molecule has 0 aliphatic carbocycles. The molecule has 26 heavy (non-hydrogen) atoms. The highest BCUT2D eigenvalue weighted by Gasteiger charge is 2.39. The SMILES string of the molecule is CCC[n+]1ccn(C(CC)C(C)(Cc2ccccc2)c2ccccc2)c1. The molecule has 0 spiro atoms. The summed E-state index contributed by atoms with van der Waals surface area (Å²) in [5.74, 6) is 0. The quantitative estimate of drug-likeness (QED) is 0.487. The summed E-state index contributed by atoms with van der Waals surface area (Å²) in [5, 5.41) is 0. The van der Waals surface area contributed by atoms with Gasteiger partial charge >= 0.3 is 0 Å². The van der Waals surface area contributed by atoms with E-state index in [0.717, 1.165) is 25.8 Å². The van der Waals surface area contributed by atoms with Gasteiger partial charge in [-0.15, -0.1) is 0 Å². The molecule has 0 amide bonds. The highest BCUT2D eigenvalue weighted by Crippen LogP contribution is 2.40. The molecular formula is C24H31N2+. The minimum absolute atomic E-state index is 0.0282. The molecule has 1 aromatic heterocycles. The van der Waals surface area contributed by atoms with E-state index in [2.05, 4.69) is 109 Å². The molecule has 2 unspecified atom stereocenters. The van der Waals surface area contributed by atoms with Gasteiger partial charge in [-0.25, -0.2) is 9.13 Å². The largest absolute Gasteiger partial charge is 0.244 e. The molecule has 0 fully saturated rings. The summed E-state index contributed by atoms with van der Waals surface area (Å²) < 4.78 is 4.72. The summed E-state index contributed by atoms with van der Waals surface area (Å²) in [6, 6.07) is 22.3. The first-order chi connectivity index (χ1) is 12.7. The normalized spacial score (nSPS) is 14.7. The summed E-state index contributed by atoms with van der Waals surface area (Å²) in [6.45, 7) is 8.03. The lowest BCUT2D eigenvalue weighted by atomic mass is 9.70. The maximum Gasteiger partial charge on any atom is 0.244 e. The standard InChI is InChI=1S/C24H31N2/c1-4-16-25-17-18-26(20-25)23(5-2)24(3,22-14-10-7-11-15-22)19-21-12-8-6-9-13-21/h6-15,17-18,20,23H,4-5,16,19H2,1-3H3/q+1. The van der Waals surface area contributed by atoms with Crippen LogP contribution in [0.3, 0.4) is 0 Å². The third kappa shape index (κ3) is 3.90. The van der Waals surface area contributed by atoms with Gasteiger partial charge in [0, 0.05) is 5.41 Å². The van der Waals surface area contributed by atoms with Crippen molar-refractivity contribution in [3.05, 3.63) is 90.5 Å². The number of aromatic nitrogens is 2. The van der Waals surface area contributed by atoms with E-state index in [1.165, 1.54) is 11.1 Å². The lowest BCUT2D eigenvalue weighted by Crippen LogP contribution is -2.37. The van der Waals surface area contributed by atoms with E-state index in [1.54, 1.807) is 0 Å². The van der Waals surface area contributed by atoms with Crippen LogP contribution in [0.15, 0.2) is 79.4 Å². The molecule has 0 N–H and O–H groups in total. The van der Waals surface area contributed by atoms with Crippen molar-refractivity contribution in [2.45, 2.75) is 58.0 Å². The molecule has 2 atom stereocenters. The summed E-state index contributed by atoms with van der Waals surface area (Å²) in [7, 11) is 0. The molecule has 0 radical (unpaired) electrons. The summed E-state index contributed by atoms with van der Waals surface area (Å²) in [4.78, 5) is 0. The molecule has 0 aliphatic rings. The van der Waals surface area contributed by atoms with E-state index in [0.29, 0.717) is 6.04 Å². The van der Waals surface area contributed by atoms with Crippen LogP contribution in [-0.4, -0.2) is 4.57 Å². The van der Waals surface area contributed by atoms with Crippen LogP contribution in [0.25, 0.3) is 0 Å². The average Bonchev–Trinajstić information content (AvgIpc) is 3.12. The number of hydrogen-bond acceptors (Lipinski definition) is 0. The molecule has 2 nitrogen and oxygen atoms in total. The van der Waals surface area contributed by atoms with E-state index in [4.69, 9.17) is 0 Å². The molecule has 136 valence electrons. The second-order valence-electron chi connectivity index (χ2n) is 7.47. The number of rotatable bonds is 8. The van der Waals surface area contributed by atoms with Crippen molar-refractivity contribution in [2.24, 2.45) is 0 Å². The van der Waals surface area contributed by atoms with Crippen LogP contribution in [-0.2, 0) is 18.4 Å². The van der Waals surface area contributed by atoms with Gasteiger partial charge in [0.15, 0.2) is 0 Å². The molecule has 1 heterocycles. The van der Waals surface area contributed by atoms with Crippen LogP contribution in [0.4, 0.5) is 0 Å². The molecule has 2 heteroatoms. The molecule has 2 aromatic carbocycles. The molecule has 0 saturated carbocycles. The average molecular weight is 348 g/mol. The monoisotopic (exact) mass is 347 g/mol. The van der Waals surface area contributed by atoms with Gasteiger partial charge < -0.3 is 0 Å². The van der Waals surface area contributed by atoms with Crippen molar-refractivity contribution >= 4 is 0 Å². The Bertz CT molecular complexity index is 791. The van der Waals surface area contributed by atoms with Gasteiger partial charge in [-0.1, -0.05) is 81.4 Å². The van der Waals surface area contributed by atoms with E-state index < -0.39 is 0 Å². The lowest BCUT2D eigenvalue weighted by Gasteiger charge is -2.36. The fourth-order valence-electron chi connectivity index (χ4n) is 4.23. The Labute approximate surface area is 158 Å². The van der Waals surface area contributed by atoms with Gasteiger partial charge in [-0.05, 0) is 30.4 Å².